The van der Waals surface area contributed by atoms with Gasteiger partial charge in [0.25, 0.3) is 5.91 Å². The molecule has 0 radical (unpaired) electrons. The van der Waals surface area contributed by atoms with Crippen molar-refractivity contribution in [2.24, 2.45) is 0 Å². The van der Waals surface area contributed by atoms with Gasteiger partial charge in [-0.2, -0.15) is 8.78 Å². The van der Waals surface area contributed by atoms with E-state index >= 15 is 0 Å². The Bertz CT molecular complexity index is 732. The molecule has 0 aliphatic carbocycles. The lowest BCUT2D eigenvalue weighted by atomic mass is 10.2. The van der Waals surface area contributed by atoms with Crippen LogP contribution in [0.15, 0.2) is 45.5 Å². The minimum absolute atomic E-state index is 0.0167. The lowest BCUT2D eigenvalue weighted by Crippen LogP contribution is -2.30. The van der Waals surface area contributed by atoms with Crippen LogP contribution < -0.4 is 4.74 Å². The third-order valence-electron chi connectivity index (χ3n) is 3.10. The molecule has 1 aromatic carbocycles. The van der Waals surface area contributed by atoms with Crippen molar-refractivity contribution in [1.82, 2.24) is 4.90 Å². The van der Waals surface area contributed by atoms with Crippen molar-refractivity contribution in [3.05, 3.63) is 52.4 Å². The first-order valence-corrected chi connectivity index (χ1v) is 7.84. The van der Waals surface area contributed by atoms with Crippen LogP contribution in [0.25, 0.3) is 0 Å². The van der Waals surface area contributed by atoms with Gasteiger partial charge in [0.1, 0.15) is 5.75 Å². The van der Waals surface area contributed by atoms with E-state index in [1.54, 1.807) is 12.1 Å². The molecule has 0 unspecified atom stereocenters. The summed E-state index contributed by atoms with van der Waals surface area (Å²) in [6.07, 6.45) is 0. The molecule has 0 atom stereocenters. The molecule has 0 aliphatic rings. The molecule has 0 saturated carbocycles. The van der Waals surface area contributed by atoms with E-state index in [1.807, 2.05) is 0 Å². The van der Waals surface area contributed by atoms with E-state index in [0.717, 1.165) is 0 Å². The summed E-state index contributed by atoms with van der Waals surface area (Å²) >= 11 is 3.06. The van der Waals surface area contributed by atoms with Crippen LogP contribution in [0.4, 0.5) is 8.78 Å². The molecule has 0 aliphatic heterocycles. The normalized spacial score (nSPS) is 10.6. The van der Waals surface area contributed by atoms with Gasteiger partial charge < -0.3 is 18.8 Å². The van der Waals surface area contributed by atoms with E-state index in [2.05, 4.69) is 20.7 Å². The number of ether oxygens (including phenoxy) is 2. The predicted octanol–water partition coefficient (Wildman–Crippen LogP) is 3.46. The zero-order valence-corrected chi connectivity index (χ0v) is 14.7. The molecule has 1 amide bonds. The third-order valence-corrected chi connectivity index (χ3v) is 3.52. The molecular formula is C16H14BrF2NO5. The molecule has 0 fully saturated rings. The first kappa shape index (κ1) is 18.9. The molecule has 0 spiro atoms. The van der Waals surface area contributed by atoms with Crippen LogP contribution in [0.2, 0.25) is 0 Å². The topological polar surface area (TPSA) is 69.0 Å². The highest BCUT2D eigenvalue weighted by Gasteiger charge is 2.16. The summed E-state index contributed by atoms with van der Waals surface area (Å²) < 4.78 is 38.7. The van der Waals surface area contributed by atoms with Crippen LogP contribution in [0.5, 0.6) is 5.75 Å². The lowest BCUT2D eigenvalue weighted by molar-refractivity contribution is -0.133. The van der Waals surface area contributed by atoms with Crippen LogP contribution in [-0.2, 0) is 16.1 Å². The van der Waals surface area contributed by atoms with E-state index in [9.17, 15) is 18.4 Å². The maximum absolute atomic E-state index is 12.1. The molecule has 2 aromatic rings. The minimum atomic E-state index is -2.89. The molecule has 2 rings (SSSR count). The number of alkyl halides is 2. The maximum Gasteiger partial charge on any atom is 0.387 e. The van der Waals surface area contributed by atoms with Gasteiger partial charge >= 0.3 is 12.6 Å². The Kier molecular flexibility index (Phi) is 6.51. The lowest BCUT2D eigenvalue weighted by Gasteiger charge is -2.17. The molecule has 134 valence electrons. The fourth-order valence-corrected chi connectivity index (χ4v) is 2.18. The highest BCUT2D eigenvalue weighted by Crippen LogP contribution is 2.16. The zero-order chi connectivity index (χ0) is 18.4. The Labute approximate surface area is 150 Å². The average molecular weight is 418 g/mol. The van der Waals surface area contributed by atoms with Gasteiger partial charge in [-0.25, -0.2) is 4.79 Å². The van der Waals surface area contributed by atoms with Crippen LogP contribution in [0.3, 0.4) is 0 Å². The van der Waals surface area contributed by atoms with Crippen molar-refractivity contribution in [1.29, 1.82) is 0 Å². The Hall–Kier alpha value is -2.42. The second-order valence-electron chi connectivity index (χ2n) is 4.95. The highest BCUT2D eigenvalue weighted by atomic mass is 79.9. The number of likely N-dealkylation sites (N-methyl/N-ethyl adjacent to an activating group) is 1. The maximum atomic E-state index is 12.1. The fraction of sp³-hybridized carbons (Fsp3) is 0.250. The van der Waals surface area contributed by atoms with Gasteiger partial charge in [-0.15, -0.1) is 0 Å². The van der Waals surface area contributed by atoms with Gasteiger partial charge in [-0.05, 0) is 45.8 Å². The van der Waals surface area contributed by atoms with Gasteiger partial charge in [0.15, 0.2) is 11.3 Å². The monoisotopic (exact) mass is 417 g/mol. The summed E-state index contributed by atoms with van der Waals surface area (Å²) in [5.41, 5.74) is 0.707. The van der Waals surface area contributed by atoms with Gasteiger partial charge in [0.2, 0.25) is 5.76 Å². The quantitative estimate of drug-likeness (QED) is 0.645. The van der Waals surface area contributed by atoms with E-state index in [1.165, 1.54) is 36.2 Å². The molecule has 25 heavy (non-hydrogen) atoms. The molecular weight excluding hydrogens is 404 g/mol. The van der Waals surface area contributed by atoms with Crippen LogP contribution >= 0.6 is 15.9 Å². The second-order valence-corrected chi connectivity index (χ2v) is 5.73. The molecule has 0 bridgehead atoms. The number of furan rings is 1. The van der Waals surface area contributed by atoms with E-state index in [4.69, 9.17) is 9.15 Å². The van der Waals surface area contributed by atoms with Gasteiger partial charge in [0, 0.05) is 13.6 Å². The smallest absolute Gasteiger partial charge is 0.387 e. The summed E-state index contributed by atoms with van der Waals surface area (Å²) in [6, 6.07) is 8.85. The number of carbonyl (C=O) groups excluding carboxylic acids is 2. The van der Waals surface area contributed by atoms with Gasteiger partial charge in [-0.3, -0.25) is 4.79 Å². The Morgan fingerprint density at radius 2 is 1.88 bits per heavy atom. The number of rotatable bonds is 7. The molecule has 0 saturated heterocycles. The van der Waals surface area contributed by atoms with Crippen LogP contribution in [-0.4, -0.2) is 37.0 Å². The van der Waals surface area contributed by atoms with Crippen molar-refractivity contribution in [2.45, 2.75) is 13.2 Å². The summed E-state index contributed by atoms with van der Waals surface area (Å²) in [5.74, 6) is -1.16. The van der Waals surface area contributed by atoms with Gasteiger partial charge in [0.05, 0.1) is 0 Å². The number of carbonyl (C=O) groups is 2. The van der Waals surface area contributed by atoms with E-state index in [-0.39, 0.29) is 18.1 Å². The van der Waals surface area contributed by atoms with Crippen molar-refractivity contribution in [3.63, 3.8) is 0 Å². The largest absolute Gasteiger partial charge is 0.450 e. The van der Waals surface area contributed by atoms with Crippen molar-refractivity contribution < 1.29 is 32.3 Å². The van der Waals surface area contributed by atoms with Crippen molar-refractivity contribution in [3.8, 4) is 5.75 Å². The molecule has 1 heterocycles. The number of amides is 1. The number of hydrogen-bond acceptors (Lipinski definition) is 5. The molecule has 6 nitrogen and oxygen atoms in total. The minimum Gasteiger partial charge on any atom is -0.450 e. The SMILES string of the molecule is CN(Cc1ccc(OC(F)F)cc1)C(=O)COC(=O)c1ccc(Br)o1. The third kappa shape index (κ3) is 5.86. The van der Waals surface area contributed by atoms with Gasteiger partial charge in [-0.1, -0.05) is 12.1 Å². The first-order valence-electron chi connectivity index (χ1n) is 7.05. The second kappa shape index (κ2) is 8.61. The predicted molar refractivity (Wildman–Crippen MR) is 86.2 cm³/mol. The van der Waals surface area contributed by atoms with Crippen LogP contribution in [0.1, 0.15) is 16.1 Å². The van der Waals surface area contributed by atoms with E-state index in [0.29, 0.717) is 10.2 Å². The molecule has 9 heteroatoms. The summed E-state index contributed by atoms with van der Waals surface area (Å²) in [7, 11) is 1.53. The number of halogens is 3. The van der Waals surface area contributed by atoms with Crippen molar-refractivity contribution >= 4 is 27.8 Å². The standard InChI is InChI=1S/C16H14BrF2NO5/c1-20(8-10-2-4-11(5-3-10)24-16(18)19)14(21)9-23-15(22)12-6-7-13(17)25-12/h2-7,16H,8-9H2,1H3. The highest BCUT2D eigenvalue weighted by molar-refractivity contribution is 9.10. The first-order chi connectivity index (χ1) is 11.8. The molecule has 0 N–H and O–H groups in total. The van der Waals surface area contributed by atoms with Crippen LogP contribution in [0, 0.1) is 0 Å². The average Bonchev–Trinajstić information content (AvgIpc) is 3.00. The Morgan fingerprint density at radius 3 is 2.44 bits per heavy atom. The Balaban J connectivity index is 1.82. The summed E-state index contributed by atoms with van der Waals surface area (Å²) in [4.78, 5) is 25.0. The fourth-order valence-electron chi connectivity index (χ4n) is 1.87. The molecule has 1 aromatic heterocycles. The number of nitrogens with zero attached hydrogens (tertiary/aromatic N) is 1. The van der Waals surface area contributed by atoms with E-state index < -0.39 is 25.1 Å². The number of esters is 1. The number of hydrogen-bond donors (Lipinski definition) is 0. The zero-order valence-electron chi connectivity index (χ0n) is 13.1. The Morgan fingerprint density at radius 1 is 1.20 bits per heavy atom. The van der Waals surface area contributed by atoms with Crippen molar-refractivity contribution in [2.75, 3.05) is 13.7 Å². The summed E-state index contributed by atoms with van der Waals surface area (Å²) in [6.45, 7) is -3.11. The summed E-state index contributed by atoms with van der Waals surface area (Å²) in [5, 5.41) is 0. The number of benzene rings is 1.